The second-order valence-electron chi connectivity index (χ2n) is 5.87. The van der Waals surface area contributed by atoms with Crippen molar-refractivity contribution in [1.29, 1.82) is 0 Å². The van der Waals surface area contributed by atoms with Crippen LogP contribution in [-0.2, 0) is 13.1 Å². The first-order valence-corrected chi connectivity index (χ1v) is 8.96. The minimum absolute atomic E-state index is 0.365. The van der Waals surface area contributed by atoms with Crippen LogP contribution in [0.15, 0.2) is 17.1 Å². The van der Waals surface area contributed by atoms with Crippen LogP contribution in [0.1, 0.15) is 39.2 Å². The summed E-state index contributed by atoms with van der Waals surface area (Å²) in [6.45, 7) is 12.0. The van der Waals surface area contributed by atoms with Crippen LogP contribution >= 0.6 is 11.3 Å². The summed E-state index contributed by atoms with van der Waals surface area (Å²) in [5.41, 5.74) is 3.93. The number of guanidine groups is 1. The molecule has 0 spiro atoms. The first kappa shape index (κ1) is 18.3. The number of phenolic OH excluding ortho intramolecular Hbond substituents is 1. The minimum Gasteiger partial charge on any atom is -0.507 e. The zero-order valence-corrected chi connectivity index (χ0v) is 15.8. The lowest BCUT2D eigenvalue weighted by molar-refractivity contribution is 0.466. The molecule has 0 fully saturated rings. The molecular weight excluding hydrogens is 320 g/mol. The molecule has 5 nitrogen and oxygen atoms in total. The topological polar surface area (TPSA) is 69.5 Å². The fourth-order valence-electron chi connectivity index (χ4n) is 2.55. The number of aromatic hydroxyl groups is 1. The van der Waals surface area contributed by atoms with Crippen LogP contribution in [0.3, 0.4) is 0 Å². The zero-order chi connectivity index (χ0) is 17.7. The van der Waals surface area contributed by atoms with Crippen molar-refractivity contribution in [2.75, 3.05) is 6.54 Å². The largest absolute Gasteiger partial charge is 0.507 e. The molecule has 0 atom stereocenters. The van der Waals surface area contributed by atoms with Gasteiger partial charge in [-0.05, 0) is 51.3 Å². The van der Waals surface area contributed by atoms with E-state index >= 15 is 0 Å². The summed E-state index contributed by atoms with van der Waals surface area (Å²) in [4.78, 5) is 10.3. The average molecular weight is 347 g/mol. The lowest BCUT2D eigenvalue weighted by Gasteiger charge is -2.11. The Bertz CT molecular complexity index is 714. The third-order valence-corrected chi connectivity index (χ3v) is 4.80. The monoisotopic (exact) mass is 346 g/mol. The molecule has 1 heterocycles. The van der Waals surface area contributed by atoms with E-state index in [4.69, 9.17) is 0 Å². The van der Waals surface area contributed by atoms with Crippen LogP contribution in [0, 0.1) is 27.7 Å². The number of aryl methyl sites for hydroxylation is 4. The van der Waals surface area contributed by atoms with Crippen LogP contribution in [0.5, 0.6) is 5.75 Å². The fraction of sp³-hybridized carbons (Fsp3) is 0.444. The summed E-state index contributed by atoms with van der Waals surface area (Å²) in [5.74, 6) is 1.15. The molecule has 3 N–H and O–H groups in total. The number of hydrogen-bond donors (Lipinski definition) is 3. The summed E-state index contributed by atoms with van der Waals surface area (Å²) in [6, 6.07) is 3.96. The van der Waals surface area contributed by atoms with E-state index in [9.17, 15) is 5.11 Å². The van der Waals surface area contributed by atoms with Gasteiger partial charge < -0.3 is 15.7 Å². The maximum atomic E-state index is 9.87. The van der Waals surface area contributed by atoms with E-state index in [2.05, 4.69) is 20.6 Å². The Kier molecular flexibility index (Phi) is 6.20. The number of benzene rings is 1. The highest BCUT2D eigenvalue weighted by atomic mass is 32.1. The third kappa shape index (κ3) is 4.71. The van der Waals surface area contributed by atoms with E-state index < -0.39 is 0 Å². The maximum absolute atomic E-state index is 9.87. The van der Waals surface area contributed by atoms with Gasteiger partial charge in [-0.25, -0.2) is 9.98 Å². The normalized spacial score (nSPS) is 11.6. The van der Waals surface area contributed by atoms with Crippen molar-refractivity contribution >= 4 is 17.3 Å². The molecule has 6 heteroatoms. The molecule has 0 aliphatic rings. The van der Waals surface area contributed by atoms with Gasteiger partial charge in [0.1, 0.15) is 5.75 Å². The lowest BCUT2D eigenvalue weighted by Crippen LogP contribution is -2.36. The van der Waals surface area contributed by atoms with Crippen molar-refractivity contribution in [3.8, 4) is 5.75 Å². The number of aliphatic imine (C=N–C) groups is 1. The van der Waals surface area contributed by atoms with Crippen molar-refractivity contribution < 1.29 is 5.11 Å². The van der Waals surface area contributed by atoms with Gasteiger partial charge >= 0.3 is 0 Å². The molecule has 24 heavy (non-hydrogen) atoms. The smallest absolute Gasteiger partial charge is 0.191 e. The Morgan fingerprint density at radius 2 is 1.83 bits per heavy atom. The number of hydrogen-bond acceptors (Lipinski definition) is 4. The van der Waals surface area contributed by atoms with Crippen LogP contribution in [0.2, 0.25) is 0 Å². The molecule has 0 unspecified atom stereocenters. The van der Waals surface area contributed by atoms with Crippen LogP contribution < -0.4 is 10.6 Å². The number of nitrogens with one attached hydrogen (secondary N) is 2. The Balaban J connectivity index is 2.06. The molecule has 2 rings (SSSR count). The fourth-order valence-corrected chi connectivity index (χ4v) is 3.43. The number of thiazole rings is 1. The van der Waals surface area contributed by atoms with Gasteiger partial charge in [-0.1, -0.05) is 12.1 Å². The molecular formula is C18H26N4OS. The second kappa shape index (κ2) is 8.15. The molecule has 0 aliphatic carbocycles. The standard InChI is InChI=1S/C18H26N4OS/c1-6-19-18(21-10-16-13(4)22-14(5)24-16)20-9-15-7-11(2)17(23)12(3)8-15/h7-8,23H,6,9-10H2,1-5H3,(H2,19,20,21). The van der Waals surface area contributed by atoms with Crippen molar-refractivity contribution in [1.82, 2.24) is 15.6 Å². The van der Waals surface area contributed by atoms with Gasteiger partial charge in [0.25, 0.3) is 0 Å². The summed E-state index contributed by atoms with van der Waals surface area (Å²) in [6.07, 6.45) is 0. The third-order valence-electron chi connectivity index (χ3n) is 3.73. The van der Waals surface area contributed by atoms with Gasteiger partial charge in [-0.3, -0.25) is 0 Å². The quantitative estimate of drug-likeness (QED) is 0.574. The zero-order valence-electron chi connectivity index (χ0n) is 15.0. The summed E-state index contributed by atoms with van der Waals surface area (Å²) in [7, 11) is 0. The van der Waals surface area contributed by atoms with E-state index in [0.717, 1.165) is 46.4 Å². The maximum Gasteiger partial charge on any atom is 0.191 e. The first-order valence-electron chi connectivity index (χ1n) is 8.14. The second-order valence-corrected chi connectivity index (χ2v) is 7.16. The van der Waals surface area contributed by atoms with Crippen molar-refractivity contribution in [2.45, 2.75) is 47.7 Å². The van der Waals surface area contributed by atoms with E-state index in [-0.39, 0.29) is 0 Å². The highest BCUT2D eigenvalue weighted by molar-refractivity contribution is 7.11. The molecule has 0 aliphatic heterocycles. The predicted octanol–water partition coefficient (Wildman–Crippen LogP) is 3.34. The van der Waals surface area contributed by atoms with Gasteiger partial charge in [-0.2, -0.15) is 0 Å². The molecule has 0 amide bonds. The Morgan fingerprint density at radius 3 is 2.38 bits per heavy atom. The summed E-state index contributed by atoms with van der Waals surface area (Å²) < 4.78 is 0. The Morgan fingerprint density at radius 1 is 1.17 bits per heavy atom. The predicted molar refractivity (Wildman–Crippen MR) is 101 cm³/mol. The number of rotatable bonds is 5. The van der Waals surface area contributed by atoms with Crippen LogP contribution in [0.4, 0.5) is 0 Å². The van der Waals surface area contributed by atoms with E-state index in [0.29, 0.717) is 12.3 Å². The Hall–Kier alpha value is -2.08. The van der Waals surface area contributed by atoms with E-state index in [1.165, 1.54) is 4.88 Å². The number of nitrogens with zero attached hydrogens (tertiary/aromatic N) is 2. The highest BCUT2D eigenvalue weighted by Gasteiger charge is 2.07. The molecule has 0 bridgehead atoms. The van der Waals surface area contributed by atoms with Gasteiger partial charge in [0.05, 0.1) is 23.8 Å². The number of aromatic nitrogens is 1. The van der Waals surface area contributed by atoms with Crippen LogP contribution in [-0.4, -0.2) is 22.6 Å². The van der Waals surface area contributed by atoms with Gasteiger partial charge in [0, 0.05) is 11.4 Å². The van der Waals surface area contributed by atoms with Crippen molar-refractivity contribution in [3.05, 3.63) is 44.4 Å². The van der Waals surface area contributed by atoms with E-state index in [1.54, 1.807) is 11.3 Å². The molecule has 1 aromatic heterocycles. The Labute approximate surface area is 147 Å². The van der Waals surface area contributed by atoms with Crippen molar-refractivity contribution in [2.24, 2.45) is 4.99 Å². The minimum atomic E-state index is 0.365. The summed E-state index contributed by atoms with van der Waals surface area (Å²) >= 11 is 1.71. The molecule has 130 valence electrons. The molecule has 0 saturated carbocycles. The summed E-state index contributed by atoms with van der Waals surface area (Å²) in [5, 5.41) is 17.6. The SMILES string of the molecule is CCNC(=NCc1cc(C)c(O)c(C)c1)NCc1sc(C)nc1C. The molecule has 0 saturated heterocycles. The van der Waals surface area contributed by atoms with E-state index in [1.807, 2.05) is 46.8 Å². The van der Waals surface area contributed by atoms with Crippen molar-refractivity contribution in [3.63, 3.8) is 0 Å². The first-order chi connectivity index (χ1) is 11.4. The lowest BCUT2D eigenvalue weighted by atomic mass is 10.1. The average Bonchev–Trinajstić information content (AvgIpc) is 2.85. The molecule has 0 radical (unpaired) electrons. The van der Waals surface area contributed by atoms with Gasteiger partial charge in [-0.15, -0.1) is 11.3 Å². The van der Waals surface area contributed by atoms with Gasteiger partial charge in [0.15, 0.2) is 5.96 Å². The van der Waals surface area contributed by atoms with Crippen LogP contribution in [0.25, 0.3) is 0 Å². The van der Waals surface area contributed by atoms with Gasteiger partial charge in [0.2, 0.25) is 0 Å². The highest BCUT2D eigenvalue weighted by Crippen LogP contribution is 2.23. The number of phenols is 1. The molecule has 2 aromatic rings. The molecule has 1 aromatic carbocycles.